The summed E-state index contributed by atoms with van der Waals surface area (Å²) in [5.74, 6) is 1.62. The van der Waals surface area contributed by atoms with Crippen LogP contribution in [0.25, 0.3) is 0 Å². The molecule has 18 heavy (non-hydrogen) atoms. The lowest BCUT2D eigenvalue weighted by Gasteiger charge is -2.10. The van der Waals surface area contributed by atoms with Crippen molar-refractivity contribution in [2.24, 2.45) is 0 Å². The minimum absolute atomic E-state index is 0.562. The van der Waals surface area contributed by atoms with Gasteiger partial charge in [0.15, 0.2) is 0 Å². The van der Waals surface area contributed by atoms with Gasteiger partial charge in [-0.3, -0.25) is 0 Å². The molecule has 0 unspecified atom stereocenters. The standard InChI is InChI=1S/C15H15BrO2/c1-11-8-13(16)7-6-12(11)10-18-15-5-3-4-14(9-15)17-2/h3-9H,10H2,1-2H3. The number of halogens is 1. The van der Waals surface area contributed by atoms with E-state index in [0.29, 0.717) is 6.61 Å². The fourth-order valence-corrected chi connectivity index (χ4v) is 2.15. The minimum Gasteiger partial charge on any atom is -0.497 e. The molecular weight excluding hydrogens is 292 g/mol. The molecule has 0 spiro atoms. The van der Waals surface area contributed by atoms with E-state index in [-0.39, 0.29) is 0 Å². The number of hydrogen-bond acceptors (Lipinski definition) is 2. The van der Waals surface area contributed by atoms with Gasteiger partial charge in [-0.15, -0.1) is 0 Å². The molecule has 0 fully saturated rings. The van der Waals surface area contributed by atoms with Gasteiger partial charge in [0.1, 0.15) is 18.1 Å². The molecule has 0 aliphatic heterocycles. The zero-order chi connectivity index (χ0) is 13.0. The van der Waals surface area contributed by atoms with Crippen LogP contribution in [0.1, 0.15) is 11.1 Å². The van der Waals surface area contributed by atoms with Gasteiger partial charge in [-0.25, -0.2) is 0 Å². The van der Waals surface area contributed by atoms with Gasteiger partial charge >= 0.3 is 0 Å². The van der Waals surface area contributed by atoms with Crippen molar-refractivity contribution in [2.75, 3.05) is 7.11 Å². The quantitative estimate of drug-likeness (QED) is 0.836. The maximum absolute atomic E-state index is 5.76. The monoisotopic (exact) mass is 306 g/mol. The third-order valence-electron chi connectivity index (χ3n) is 2.74. The number of rotatable bonds is 4. The second-order valence-electron chi connectivity index (χ2n) is 4.04. The van der Waals surface area contributed by atoms with Crippen molar-refractivity contribution in [1.29, 1.82) is 0 Å². The lowest BCUT2D eigenvalue weighted by Crippen LogP contribution is -1.98. The fourth-order valence-electron chi connectivity index (χ4n) is 1.67. The minimum atomic E-state index is 0.562. The highest BCUT2D eigenvalue weighted by molar-refractivity contribution is 9.10. The highest BCUT2D eigenvalue weighted by Crippen LogP contribution is 2.21. The van der Waals surface area contributed by atoms with E-state index < -0.39 is 0 Å². The van der Waals surface area contributed by atoms with Crippen molar-refractivity contribution in [3.63, 3.8) is 0 Å². The summed E-state index contributed by atoms with van der Waals surface area (Å²) in [6.07, 6.45) is 0. The molecule has 0 radical (unpaired) electrons. The Hall–Kier alpha value is -1.48. The van der Waals surface area contributed by atoms with E-state index in [2.05, 4.69) is 35.0 Å². The van der Waals surface area contributed by atoms with Crippen LogP contribution in [-0.4, -0.2) is 7.11 Å². The summed E-state index contributed by atoms with van der Waals surface area (Å²) >= 11 is 3.45. The Morgan fingerprint density at radius 1 is 1.06 bits per heavy atom. The second kappa shape index (κ2) is 5.91. The normalized spacial score (nSPS) is 10.2. The maximum Gasteiger partial charge on any atom is 0.123 e. The molecule has 2 nitrogen and oxygen atoms in total. The van der Waals surface area contributed by atoms with Crippen molar-refractivity contribution in [3.05, 3.63) is 58.1 Å². The molecular formula is C15H15BrO2. The number of hydrogen-bond donors (Lipinski definition) is 0. The number of ether oxygens (including phenoxy) is 2. The molecule has 3 heteroatoms. The molecule has 0 heterocycles. The highest BCUT2D eigenvalue weighted by atomic mass is 79.9. The summed E-state index contributed by atoms with van der Waals surface area (Å²) in [4.78, 5) is 0. The molecule has 2 aromatic carbocycles. The van der Waals surface area contributed by atoms with Crippen LogP contribution in [-0.2, 0) is 6.61 Å². The lowest BCUT2D eigenvalue weighted by molar-refractivity contribution is 0.303. The van der Waals surface area contributed by atoms with Gasteiger partial charge in [-0.2, -0.15) is 0 Å². The molecule has 2 rings (SSSR count). The maximum atomic E-state index is 5.76. The number of benzene rings is 2. The van der Waals surface area contributed by atoms with E-state index in [1.807, 2.05) is 30.3 Å². The molecule has 0 aliphatic carbocycles. The van der Waals surface area contributed by atoms with Crippen LogP contribution >= 0.6 is 15.9 Å². The van der Waals surface area contributed by atoms with Crippen molar-refractivity contribution < 1.29 is 9.47 Å². The Kier molecular flexibility index (Phi) is 4.26. The Bertz CT molecular complexity index is 538. The predicted molar refractivity (Wildman–Crippen MR) is 76.2 cm³/mol. The number of methoxy groups -OCH3 is 1. The van der Waals surface area contributed by atoms with Crippen molar-refractivity contribution >= 4 is 15.9 Å². The average Bonchev–Trinajstić information content (AvgIpc) is 2.38. The number of aryl methyl sites for hydroxylation is 1. The molecule has 2 aromatic rings. The van der Waals surface area contributed by atoms with Gasteiger partial charge in [0.25, 0.3) is 0 Å². The molecule has 0 amide bonds. The lowest BCUT2D eigenvalue weighted by atomic mass is 10.1. The van der Waals surface area contributed by atoms with Crippen molar-refractivity contribution in [2.45, 2.75) is 13.5 Å². The van der Waals surface area contributed by atoms with Crippen LogP contribution in [0.2, 0.25) is 0 Å². The summed E-state index contributed by atoms with van der Waals surface area (Å²) in [5.41, 5.74) is 2.40. The van der Waals surface area contributed by atoms with Crippen molar-refractivity contribution in [3.8, 4) is 11.5 Å². The third kappa shape index (κ3) is 3.26. The summed E-state index contributed by atoms with van der Waals surface area (Å²) in [5, 5.41) is 0. The summed E-state index contributed by atoms with van der Waals surface area (Å²) in [6, 6.07) is 13.8. The first-order chi connectivity index (χ1) is 8.69. The summed E-state index contributed by atoms with van der Waals surface area (Å²) in [7, 11) is 1.65. The van der Waals surface area contributed by atoms with E-state index in [1.165, 1.54) is 11.1 Å². The Labute approximate surface area is 116 Å². The first-order valence-electron chi connectivity index (χ1n) is 5.71. The van der Waals surface area contributed by atoms with Gasteiger partial charge in [-0.05, 0) is 42.3 Å². The molecule has 0 aliphatic rings. The van der Waals surface area contributed by atoms with Crippen LogP contribution < -0.4 is 9.47 Å². The first kappa shape index (κ1) is 13.0. The SMILES string of the molecule is COc1cccc(OCc2ccc(Br)cc2C)c1. The zero-order valence-corrected chi connectivity index (χ0v) is 12.0. The van der Waals surface area contributed by atoms with Crippen LogP contribution in [0.5, 0.6) is 11.5 Å². The molecule has 0 atom stereocenters. The van der Waals surface area contributed by atoms with Crippen LogP contribution in [0, 0.1) is 6.92 Å². The summed E-state index contributed by atoms with van der Waals surface area (Å²) in [6.45, 7) is 2.64. The van der Waals surface area contributed by atoms with Gasteiger partial charge in [0, 0.05) is 10.5 Å². The summed E-state index contributed by atoms with van der Waals surface area (Å²) < 4.78 is 12.0. The van der Waals surface area contributed by atoms with E-state index in [1.54, 1.807) is 7.11 Å². The van der Waals surface area contributed by atoms with Crippen molar-refractivity contribution in [1.82, 2.24) is 0 Å². The van der Waals surface area contributed by atoms with Crippen LogP contribution in [0.15, 0.2) is 46.9 Å². The second-order valence-corrected chi connectivity index (χ2v) is 4.95. The van der Waals surface area contributed by atoms with E-state index in [9.17, 15) is 0 Å². The molecule has 0 N–H and O–H groups in total. The van der Waals surface area contributed by atoms with Gasteiger partial charge in [0.2, 0.25) is 0 Å². The van der Waals surface area contributed by atoms with Gasteiger partial charge < -0.3 is 9.47 Å². The van der Waals surface area contributed by atoms with Crippen LogP contribution in [0.4, 0.5) is 0 Å². The Balaban J connectivity index is 2.06. The van der Waals surface area contributed by atoms with E-state index in [0.717, 1.165) is 16.0 Å². The third-order valence-corrected chi connectivity index (χ3v) is 3.23. The Morgan fingerprint density at radius 2 is 1.83 bits per heavy atom. The highest BCUT2D eigenvalue weighted by Gasteiger charge is 2.01. The largest absolute Gasteiger partial charge is 0.497 e. The molecule has 0 bridgehead atoms. The predicted octanol–water partition coefficient (Wildman–Crippen LogP) is 4.35. The Morgan fingerprint density at radius 3 is 2.56 bits per heavy atom. The smallest absolute Gasteiger partial charge is 0.123 e. The van der Waals surface area contributed by atoms with Gasteiger partial charge in [0.05, 0.1) is 7.11 Å². The molecule has 0 saturated carbocycles. The molecule has 0 aromatic heterocycles. The van der Waals surface area contributed by atoms with Gasteiger partial charge in [-0.1, -0.05) is 28.1 Å². The fraction of sp³-hybridized carbons (Fsp3) is 0.200. The zero-order valence-electron chi connectivity index (χ0n) is 10.4. The van der Waals surface area contributed by atoms with E-state index in [4.69, 9.17) is 9.47 Å². The topological polar surface area (TPSA) is 18.5 Å². The average molecular weight is 307 g/mol. The molecule has 0 saturated heterocycles. The van der Waals surface area contributed by atoms with E-state index >= 15 is 0 Å². The van der Waals surface area contributed by atoms with Crippen LogP contribution in [0.3, 0.4) is 0 Å². The molecule has 94 valence electrons. The first-order valence-corrected chi connectivity index (χ1v) is 6.50.